The molecule has 16 heavy (non-hydrogen) atoms. The molecule has 90 valence electrons. The van der Waals surface area contributed by atoms with Gasteiger partial charge in [-0.2, -0.15) is 0 Å². The van der Waals surface area contributed by atoms with Crippen LogP contribution in [0.15, 0.2) is 24.3 Å². The zero-order valence-corrected chi connectivity index (χ0v) is 11.0. The number of Topliss-reactive ketones (excluding diaryl/α,β-unsaturated/α-hetero) is 1. The molecule has 0 amide bonds. The number of rotatable bonds is 4. The summed E-state index contributed by atoms with van der Waals surface area (Å²) in [5, 5.41) is 0. The molecule has 1 aliphatic carbocycles. The third kappa shape index (κ3) is 3.07. The lowest BCUT2D eigenvalue weighted by molar-refractivity contribution is -0.116. The summed E-state index contributed by atoms with van der Waals surface area (Å²) in [6, 6.07) is 0. The molecule has 0 saturated heterocycles. The monoisotopic (exact) mass is 220 g/mol. The standard InChI is InChI=1S/C15H24O/c1-11(2)14(16)9-8-13-12(3)7-6-10-15(13,4)5/h6,10,12-13H,1,7-9H2,2-5H3/t12-,13?/m0/s1. The van der Waals surface area contributed by atoms with E-state index in [-0.39, 0.29) is 11.2 Å². The molecule has 0 fully saturated rings. The SMILES string of the molecule is C=C(C)C(=O)CCC1[C@@H](C)CC=CC1(C)C. The number of carbonyl (C=O) groups is 1. The van der Waals surface area contributed by atoms with Crippen LogP contribution in [0.1, 0.15) is 47.0 Å². The maximum Gasteiger partial charge on any atom is 0.157 e. The second-order valence-electron chi connectivity index (χ2n) is 5.79. The van der Waals surface area contributed by atoms with Crippen LogP contribution < -0.4 is 0 Å². The van der Waals surface area contributed by atoms with E-state index in [1.807, 2.05) is 0 Å². The van der Waals surface area contributed by atoms with E-state index in [0.717, 1.165) is 12.8 Å². The number of allylic oxidation sites excluding steroid dienone is 3. The summed E-state index contributed by atoms with van der Waals surface area (Å²) in [6.07, 6.45) is 7.38. The Balaban J connectivity index is 2.61. The second-order valence-corrected chi connectivity index (χ2v) is 5.79. The normalized spacial score (nSPS) is 27.8. The van der Waals surface area contributed by atoms with Crippen molar-refractivity contribution in [3.63, 3.8) is 0 Å². The third-order valence-corrected chi connectivity index (χ3v) is 3.86. The highest BCUT2D eigenvalue weighted by atomic mass is 16.1. The van der Waals surface area contributed by atoms with E-state index in [9.17, 15) is 4.79 Å². The van der Waals surface area contributed by atoms with Crippen LogP contribution in [0.2, 0.25) is 0 Å². The summed E-state index contributed by atoms with van der Waals surface area (Å²) in [7, 11) is 0. The van der Waals surface area contributed by atoms with Crippen molar-refractivity contribution < 1.29 is 4.79 Å². The van der Waals surface area contributed by atoms with Gasteiger partial charge in [-0.15, -0.1) is 0 Å². The van der Waals surface area contributed by atoms with Crippen LogP contribution in [0.4, 0.5) is 0 Å². The van der Waals surface area contributed by atoms with Crippen LogP contribution in [0.25, 0.3) is 0 Å². The zero-order valence-electron chi connectivity index (χ0n) is 11.0. The molecule has 1 aliphatic rings. The number of ketones is 1. The molecule has 2 atom stereocenters. The highest BCUT2D eigenvalue weighted by Gasteiger charge is 2.33. The lowest BCUT2D eigenvalue weighted by atomic mass is 9.66. The quantitative estimate of drug-likeness (QED) is 0.514. The smallest absolute Gasteiger partial charge is 0.157 e. The van der Waals surface area contributed by atoms with Crippen LogP contribution in [0.5, 0.6) is 0 Å². The number of hydrogen-bond donors (Lipinski definition) is 0. The molecule has 0 bridgehead atoms. The van der Waals surface area contributed by atoms with Crippen LogP contribution in [0.3, 0.4) is 0 Å². The molecule has 0 saturated carbocycles. The van der Waals surface area contributed by atoms with Crippen LogP contribution >= 0.6 is 0 Å². The molecule has 0 aliphatic heterocycles. The summed E-state index contributed by atoms with van der Waals surface area (Å²) in [4.78, 5) is 11.6. The van der Waals surface area contributed by atoms with E-state index in [1.54, 1.807) is 6.92 Å². The van der Waals surface area contributed by atoms with Crippen molar-refractivity contribution in [2.45, 2.75) is 47.0 Å². The summed E-state index contributed by atoms with van der Waals surface area (Å²) in [5.41, 5.74) is 0.921. The fourth-order valence-electron chi connectivity index (χ4n) is 2.76. The molecule has 0 radical (unpaired) electrons. The van der Waals surface area contributed by atoms with Crippen molar-refractivity contribution in [1.29, 1.82) is 0 Å². The minimum absolute atomic E-state index is 0.220. The van der Waals surface area contributed by atoms with Crippen LogP contribution in [-0.2, 0) is 4.79 Å². The Morgan fingerprint density at radius 1 is 1.50 bits per heavy atom. The summed E-state index contributed by atoms with van der Waals surface area (Å²) in [5.74, 6) is 1.51. The van der Waals surface area contributed by atoms with Gasteiger partial charge in [0.15, 0.2) is 5.78 Å². The molecule has 1 nitrogen and oxygen atoms in total. The van der Waals surface area contributed by atoms with Gasteiger partial charge >= 0.3 is 0 Å². The molecular weight excluding hydrogens is 196 g/mol. The van der Waals surface area contributed by atoms with Crippen molar-refractivity contribution >= 4 is 5.78 Å². The first-order valence-electron chi connectivity index (χ1n) is 6.21. The minimum atomic E-state index is 0.220. The Bertz CT molecular complexity index is 309. The first kappa shape index (κ1) is 13.2. The van der Waals surface area contributed by atoms with Gasteiger partial charge < -0.3 is 0 Å². The molecule has 0 aromatic carbocycles. The summed E-state index contributed by atoms with van der Waals surface area (Å²) >= 11 is 0. The average Bonchev–Trinajstić information content (AvgIpc) is 2.15. The Hall–Kier alpha value is -0.850. The summed E-state index contributed by atoms with van der Waals surface area (Å²) < 4.78 is 0. The van der Waals surface area contributed by atoms with Crippen LogP contribution in [-0.4, -0.2) is 5.78 Å². The van der Waals surface area contributed by atoms with E-state index in [4.69, 9.17) is 0 Å². The van der Waals surface area contributed by atoms with E-state index in [0.29, 0.717) is 23.8 Å². The maximum absolute atomic E-state index is 11.6. The zero-order chi connectivity index (χ0) is 12.3. The van der Waals surface area contributed by atoms with Gasteiger partial charge in [0.25, 0.3) is 0 Å². The Morgan fingerprint density at radius 2 is 2.12 bits per heavy atom. The van der Waals surface area contributed by atoms with Gasteiger partial charge in [-0.25, -0.2) is 0 Å². The molecule has 1 unspecified atom stereocenters. The predicted octanol–water partition coefficient (Wildman–Crippen LogP) is 4.15. The minimum Gasteiger partial charge on any atom is -0.295 e. The van der Waals surface area contributed by atoms with Crippen molar-refractivity contribution in [3.05, 3.63) is 24.3 Å². The van der Waals surface area contributed by atoms with Gasteiger partial charge in [-0.3, -0.25) is 4.79 Å². The third-order valence-electron chi connectivity index (χ3n) is 3.86. The molecule has 1 heteroatoms. The maximum atomic E-state index is 11.6. The van der Waals surface area contributed by atoms with Gasteiger partial charge in [0.05, 0.1) is 0 Å². The largest absolute Gasteiger partial charge is 0.295 e. The predicted molar refractivity (Wildman–Crippen MR) is 69.2 cm³/mol. The molecule has 0 heterocycles. The average molecular weight is 220 g/mol. The molecular formula is C15H24O. The number of carbonyl (C=O) groups excluding carboxylic acids is 1. The lowest BCUT2D eigenvalue weighted by Crippen LogP contribution is -2.31. The Kier molecular flexibility index (Phi) is 4.12. The van der Waals surface area contributed by atoms with Gasteiger partial charge in [0, 0.05) is 6.42 Å². The highest BCUT2D eigenvalue weighted by molar-refractivity contribution is 5.94. The van der Waals surface area contributed by atoms with Crippen molar-refractivity contribution in [2.75, 3.05) is 0 Å². The lowest BCUT2D eigenvalue weighted by Gasteiger charge is -2.39. The second kappa shape index (κ2) is 4.99. The van der Waals surface area contributed by atoms with Crippen molar-refractivity contribution in [3.8, 4) is 0 Å². The fourth-order valence-corrected chi connectivity index (χ4v) is 2.76. The van der Waals surface area contributed by atoms with Gasteiger partial charge in [-0.05, 0) is 42.6 Å². The van der Waals surface area contributed by atoms with Crippen molar-refractivity contribution in [1.82, 2.24) is 0 Å². The van der Waals surface area contributed by atoms with Gasteiger partial charge in [0.1, 0.15) is 0 Å². The van der Waals surface area contributed by atoms with Gasteiger partial charge in [-0.1, -0.05) is 39.5 Å². The molecule has 0 N–H and O–H groups in total. The summed E-state index contributed by atoms with van der Waals surface area (Å²) in [6.45, 7) is 12.4. The topological polar surface area (TPSA) is 17.1 Å². The molecule has 0 spiro atoms. The van der Waals surface area contributed by atoms with Crippen molar-refractivity contribution in [2.24, 2.45) is 17.3 Å². The van der Waals surface area contributed by atoms with E-state index < -0.39 is 0 Å². The highest BCUT2D eigenvalue weighted by Crippen LogP contribution is 2.42. The Morgan fingerprint density at radius 3 is 2.62 bits per heavy atom. The Labute approximate surface area is 99.6 Å². The molecule has 0 aromatic rings. The first-order valence-corrected chi connectivity index (χ1v) is 6.21. The molecule has 0 aromatic heterocycles. The van der Waals surface area contributed by atoms with E-state index in [1.165, 1.54) is 0 Å². The fraction of sp³-hybridized carbons (Fsp3) is 0.667. The molecule has 1 rings (SSSR count). The van der Waals surface area contributed by atoms with Crippen LogP contribution in [0, 0.1) is 17.3 Å². The van der Waals surface area contributed by atoms with E-state index in [2.05, 4.69) is 39.5 Å². The van der Waals surface area contributed by atoms with E-state index >= 15 is 0 Å². The number of hydrogen-bond acceptors (Lipinski definition) is 1. The van der Waals surface area contributed by atoms with Gasteiger partial charge in [0.2, 0.25) is 0 Å². The first-order chi connectivity index (χ1) is 7.34.